The largest absolute Gasteiger partial charge is 0.311 e. The first-order chi connectivity index (χ1) is 9.74. The molecule has 1 aromatic carbocycles. The molecule has 0 saturated carbocycles. The minimum absolute atomic E-state index is 0.540. The molecule has 3 atom stereocenters. The van der Waals surface area contributed by atoms with E-state index in [9.17, 15) is 0 Å². The molecule has 1 aromatic rings. The summed E-state index contributed by atoms with van der Waals surface area (Å²) in [5.41, 5.74) is 1.46. The smallest absolute Gasteiger partial charge is 0.0473 e. The average molecular weight is 274 g/mol. The van der Waals surface area contributed by atoms with E-state index in [0.29, 0.717) is 12.1 Å². The molecule has 112 valence electrons. The van der Waals surface area contributed by atoms with Gasteiger partial charge in [0.1, 0.15) is 0 Å². The molecule has 1 heterocycles. The molecule has 2 rings (SSSR count). The standard InChI is InChI=1S/C18H30N2/c1-4-9-15(3)13-20-14-17(5-2)19-12-18(20)16-10-7-6-8-11-16/h6-8,10-11,15,17-19H,4-5,9,12-14H2,1-3H3. The minimum atomic E-state index is 0.540. The van der Waals surface area contributed by atoms with Crippen molar-refractivity contribution < 1.29 is 0 Å². The number of benzene rings is 1. The number of rotatable bonds is 6. The van der Waals surface area contributed by atoms with Crippen LogP contribution < -0.4 is 5.32 Å². The van der Waals surface area contributed by atoms with Crippen molar-refractivity contribution in [1.29, 1.82) is 0 Å². The van der Waals surface area contributed by atoms with E-state index >= 15 is 0 Å². The first kappa shape index (κ1) is 15.5. The van der Waals surface area contributed by atoms with Crippen molar-refractivity contribution in [2.45, 2.75) is 52.1 Å². The highest BCUT2D eigenvalue weighted by Gasteiger charge is 2.28. The highest BCUT2D eigenvalue weighted by molar-refractivity contribution is 5.20. The Kier molecular flexibility index (Phi) is 6.06. The molecular weight excluding hydrogens is 244 g/mol. The van der Waals surface area contributed by atoms with Gasteiger partial charge in [0.25, 0.3) is 0 Å². The lowest BCUT2D eigenvalue weighted by atomic mass is 9.97. The normalized spacial score (nSPS) is 25.6. The SMILES string of the molecule is CCCC(C)CN1CC(CC)NCC1c1ccccc1. The molecule has 0 aromatic heterocycles. The third-order valence-corrected chi connectivity index (χ3v) is 4.50. The zero-order valence-electron chi connectivity index (χ0n) is 13.3. The Morgan fingerprint density at radius 2 is 2.00 bits per heavy atom. The lowest BCUT2D eigenvalue weighted by Crippen LogP contribution is -2.52. The molecule has 20 heavy (non-hydrogen) atoms. The molecule has 1 fully saturated rings. The molecule has 0 amide bonds. The lowest BCUT2D eigenvalue weighted by Gasteiger charge is -2.41. The highest BCUT2D eigenvalue weighted by atomic mass is 15.2. The van der Waals surface area contributed by atoms with Crippen molar-refractivity contribution in [3.8, 4) is 0 Å². The van der Waals surface area contributed by atoms with Gasteiger partial charge in [-0.2, -0.15) is 0 Å². The molecule has 0 spiro atoms. The van der Waals surface area contributed by atoms with Crippen LogP contribution in [0.5, 0.6) is 0 Å². The van der Waals surface area contributed by atoms with Gasteiger partial charge in [-0.15, -0.1) is 0 Å². The summed E-state index contributed by atoms with van der Waals surface area (Å²) in [6.45, 7) is 10.5. The van der Waals surface area contributed by atoms with Gasteiger partial charge in [0.2, 0.25) is 0 Å². The number of hydrogen-bond acceptors (Lipinski definition) is 2. The molecule has 2 heteroatoms. The maximum atomic E-state index is 3.71. The van der Waals surface area contributed by atoms with Gasteiger partial charge in [-0.3, -0.25) is 4.90 Å². The van der Waals surface area contributed by atoms with Crippen molar-refractivity contribution in [2.24, 2.45) is 5.92 Å². The molecule has 3 unspecified atom stereocenters. The van der Waals surface area contributed by atoms with Crippen LogP contribution in [0.15, 0.2) is 30.3 Å². The van der Waals surface area contributed by atoms with Gasteiger partial charge in [0.15, 0.2) is 0 Å². The van der Waals surface area contributed by atoms with Crippen LogP contribution in [-0.4, -0.2) is 30.6 Å². The van der Waals surface area contributed by atoms with Gasteiger partial charge >= 0.3 is 0 Å². The second kappa shape index (κ2) is 7.80. The predicted octanol–water partition coefficient (Wildman–Crippen LogP) is 3.85. The van der Waals surface area contributed by atoms with Gasteiger partial charge in [0, 0.05) is 31.7 Å². The molecular formula is C18H30N2. The van der Waals surface area contributed by atoms with E-state index in [0.717, 1.165) is 12.5 Å². The van der Waals surface area contributed by atoms with Crippen LogP contribution in [0.2, 0.25) is 0 Å². The Morgan fingerprint density at radius 3 is 2.65 bits per heavy atom. The Bertz CT molecular complexity index is 376. The summed E-state index contributed by atoms with van der Waals surface area (Å²) in [6.07, 6.45) is 3.85. The first-order valence-corrected chi connectivity index (χ1v) is 8.27. The van der Waals surface area contributed by atoms with E-state index in [1.807, 2.05) is 0 Å². The molecule has 2 nitrogen and oxygen atoms in total. The average Bonchev–Trinajstić information content (AvgIpc) is 2.48. The summed E-state index contributed by atoms with van der Waals surface area (Å²) in [4.78, 5) is 2.71. The number of nitrogens with zero attached hydrogens (tertiary/aromatic N) is 1. The van der Waals surface area contributed by atoms with Gasteiger partial charge < -0.3 is 5.32 Å². The van der Waals surface area contributed by atoms with E-state index < -0.39 is 0 Å². The maximum absolute atomic E-state index is 3.71. The monoisotopic (exact) mass is 274 g/mol. The van der Waals surface area contributed by atoms with E-state index in [4.69, 9.17) is 0 Å². The highest BCUT2D eigenvalue weighted by Crippen LogP contribution is 2.25. The van der Waals surface area contributed by atoms with Gasteiger partial charge in [-0.25, -0.2) is 0 Å². The second-order valence-electron chi connectivity index (χ2n) is 6.29. The van der Waals surface area contributed by atoms with E-state index in [-0.39, 0.29) is 0 Å². The quantitative estimate of drug-likeness (QED) is 0.847. The van der Waals surface area contributed by atoms with Crippen molar-refractivity contribution in [1.82, 2.24) is 10.2 Å². The van der Waals surface area contributed by atoms with Gasteiger partial charge in [0.05, 0.1) is 0 Å². The van der Waals surface area contributed by atoms with E-state index in [1.165, 1.54) is 37.9 Å². The van der Waals surface area contributed by atoms with E-state index in [1.54, 1.807) is 0 Å². The zero-order chi connectivity index (χ0) is 14.4. The first-order valence-electron chi connectivity index (χ1n) is 8.27. The molecule has 1 aliphatic rings. The molecule has 1 aliphatic heterocycles. The summed E-state index contributed by atoms with van der Waals surface area (Å²) < 4.78 is 0. The van der Waals surface area contributed by atoms with Crippen molar-refractivity contribution in [3.63, 3.8) is 0 Å². The third kappa shape index (κ3) is 4.07. The lowest BCUT2D eigenvalue weighted by molar-refractivity contribution is 0.109. The van der Waals surface area contributed by atoms with Crippen LogP contribution in [0.3, 0.4) is 0 Å². The van der Waals surface area contributed by atoms with Gasteiger partial charge in [-0.1, -0.05) is 57.5 Å². The summed E-state index contributed by atoms with van der Waals surface area (Å²) in [5, 5.41) is 3.71. The topological polar surface area (TPSA) is 15.3 Å². The fourth-order valence-electron chi connectivity index (χ4n) is 3.35. The predicted molar refractivity (Wildman–Crippen MR) is 86.9 cm³/mol. The third-order valence-electron chi connectivity index (χ3n) is 4.50. The molecule has 1 saturated heterocycles. The van der Waals surface area contributed by atoms with Crippen molar-refractivity contribution in [2.75, 3.05) is 19.6 Å². The number of piperazine rings is 1. The summed E-state index contributed by atoms with van der Waals surface area (Å²) >= 11 is 0. The summed E-state index contributed by atoms with van der Waals surface area (Å²) in [7, 11) is 0. The van der Waals surface area contributed by atoms with Crippen LogP contribution in [-0.2, 0) is 0 Å². The van der Waals surface area contributed by atoms with E-state index in [2.05, 4.69) is 61.3 Å². The second-order valence-corrected chi connectivity index (χ2v) is 6.29. The van der Waals surface area contributed by atoms with Crippen molar-refractivity contribution >= 4 is 0 Å². The molecule has 0 radical (unpaired) electrons. The summed E-state index contributed by atoms with van der Waals surface area (Å²) in [6, 6.07) is 12.2. The Balaban J connectivity index is 2.07. The van der Waals surface area contributed by atoms with Gasteiger partial charge in [-0.05, 0) is 24.3 Å². The Hall–Kier alpha value is -0.860. The fourth-order valence-corrected chi connectivity index (χ4v) is 3.35. The Morgan fingerprint density at radius 1 is 1.25 bits per heavy atom. The molecule has 0 aliphatic carbocycles. The van der Waals surface area contributed by atoms with Crippen LogP contribution in [0.4, 0.5) is 0 Å². The van der Waals surface area contributed by atoms with Crippen LogP contribution in [0.25, 0.3) is 0 Å². The zero-order valence-corrected chi connectivity index (χ0v) is 13.3. The fraction of sp³-hybridized carbons (Fsp3) is 0.667. The van der Waals surface area contributed by atoms with Crippen LogP contribution in [0.1, 0.15) is 51.6 Å². The Labute approximate surface area is 124 Å². The maximum Gasteiger partial charge on any atom is 0.0473 e. The van der Waals surface area contributed by atoms with Crippen molar-refractivity contribution in [3.05, 3.63) is 35.9 Å². The summed E-state index contributed by atoms with van der Waals surface area (Å²) in [5.74, 6) is 0.793. The number of hydrogen-bond donors (Lipinski definition) is 1. The minimum Gasteiger partial charge on any atom is -0.311 e. The number of nitrogens with one attached hydrogen (secondary N) is 1. The van der Waals surface area contributed by atoms with Crippen LogP contribution >= 0.6 is 0 Å². The molecule has 1 N–H and O–H groups in total. The van der Waals surface area contributed by atoms with Crippen LogP contribution in [0, 0.1) is 5.92 Å². The molecule has 0 bridgehead atoms.